The lowest BCUT2D eigenvalue weighted by atomic mass is 10.1. The number of hydrogen-bond donors (Lipinski definition) is 2. The largest absolute Gasteiger partial charge is 0.350 e. The summed E-state index contributed by atoms with van der Waals surface area (Å²) in [6.45, 7) is 1.80. The molecule has 1 fully saturated rings. The van der Waals surface area contributed by atoms with Crippen LogP contribution in [-0.4, -0.2) is 27.8 Å². The number of amides is 1. The predicted molar refractivity (Wildman–Crippen MR) is 73.1 cm³/mol. The molecule has 3 N–H and O–H groups in total. The van der Waals surface area contributed by atoms with Gasteiger partial charge in [0, 0.05) is 31.9 Å². The third-order valence-electron chi connectivity index (χ3n) is 3.99. The van der Waals surface area contributed by atoms with Gasteiger partial charge in [0.2, 0.25) is 0 Å². The van der Waals surface area contributed by atoms with Crippen molar-refractivity contribution >= 4 is 11.6 Å². The van der Waals surface area contributed by atoms with E-state index in [2.05, 4.69) is 10.3 Å². The second-order valence-corrected chi connectivity index (χ2v) is 5.76. The maximum absolute atomic E-state index is 13.1. The van der Waals surface area contributed by atoms with Crippen LogP contribution in [0.2, 0.25) is 0 Å². The molecule has 2 heterocycles. The normalized spacial score (nSPS) is 23.2. The van der Waals surface area contributed by atoms with E-state index in [-0.39, 0.29) is 18.7 Å². The third kappa shape index (κ3) is 2.37. The average Bonchev–Trinajstić information content (AvgIpc) is 2.80. The van der Waals surface area contributed by atoms with E-state index in [1.54, 1.807) is 22.9 Å². The van der Waals surface area contributed by atoms with Gasteiger partial charge in [0.1, 0.15) is 11.3 Å². The summed E-state index contributed by atoms with van der Waals surface area (Å²) in [4.78, 5) is 16.2. The van der Waals surface area contributed by atoms with E-state index in [1.807, 2.05) is 6.07 Å². The molecule has 3 rings (SSSR count). The second kappa shape index (κ2) is 4.49. The molecule has 2 aromatic heterocycles. The zero-order valence-electron chi connectivity index (χ0n) is 11.6. The van der Waals surface area contributed by atoms with Gasteiger partial charge in [-0.3, -0.25) is 4.79 Å². The number of fused-ring (bicyclic) bond motifs is 1. The highest BCUT2D eigenvalue weighted by Crippen LogP contribution is 2.59. The van der Waals surface area contributed by atoms with E-state index in [1.165, 1.54) is 6.92 Å². The van der Waals surface area contributed by atoms with Gasteiger partial charge < -0.3 is 15.5 Å². The van der Waals surface area contributed by atoms with Crippen LogP contribution in [0.25, 0.3) is 5.65 Å². The second-order valence-electron chi connectivity index (χ2n) is 5.76. The lowest BCUT2D eigenvalue weighted by molar-refractivity contribution is 0.0675. The highest BCUT2D eigenvalue weighted by atomic mass is 19.3. The number of nitrogens with two attached hydrogens (primary N) is 1. The van der Waals surface area contributed by atoms with Gasteiger partial charge in [-0.25, -0.2) is 13.8 Å². The molecule has 0 saturated heterocycles. The van der Waals surface area contributed by atoms with Gasteiger partial charge in [-0.05, 0) is 11.6 Å². The van der Waals surface area contributed by atoms with Crippen LogP contribution < -0.4 is 11.1 Å². The van der Waals surface area contributed by atoms with Crippen LogP contribution in [0.4, 0.5) is 8.78 Å². The number of carbonyl (C=O) groups excluding carboxylic acids is 1. The molecule has 0 radical (unpaired) electrons. The van der Waals surface area contributed by atoms with Crippen molar-refractivity contribution in [3.63, 3.8) is 0 Å². The monoisotopic (exact) mass is 294 g/mol. The molecule has 112 valence electrons. The van der Waals surface area contributed by atoms with Crippen molar-refractivity contribution in [2.45, 2.75) is 25.8 Å². The summed E-state index contributed by atoms with van der Waals surface area (Å²) in [5.41, 5.74) is 6.15. The highest BCUT2D eigenvalue weighted by Gasteiger charge is 2.67. The molecule has 1 unspecified atom stereocenters. The predicted octanol–water partition coefficient (Wildman–Crippen LogP) is 1.57. The number of carbonyl (C=O) groups is 1. The van der Waals surface area contributed by atoms with Gasteiger partial charge in [-0.1, -0.05) is 13.0 Å². The van der Waals surface area contributed by atoms with Crippen LogP contribution >= 0.6 is 0 Å². The first-order valence-corrected chi connectivity index (χ1v) is 6.68. The van der Waals surface area contributed by atoms with Crippen molar-refractivity contribution in [2.75, 3.05) is 6.54 Å². The molecule has 0 aliphatic heterocycles. The zero-order valence-corrected chi connectivity index (χ0v) is 11.6. The Balaban J connectivity index is 1.73. The number of alkyl halides is 2. The Bertz CT molecular complexity index is 712. The van der Waals surface area contributed by atoms with Crippen molar-refractivity contribution in [1.29, 1.82) is 0 Å². The van der Waals surface area contributed by atoms with Gasteiger partial charge in [0.05, 0.1) is 5.41 Å². The Labute approximate surface area is 120 Å². The van der Waals surface area contributed by atoms with E-state index in [0.29, 0.717) is 12.2 Å². The SMILES string of the molecule is CC1(CNC(=O)c2cn3cc(CN)ccc3n2)CC1(F)F. The molecule has 2 aromatic rings. The fourth-order valence-corrected chi connectivity index (χ4v) is 2.27. The van der Waals surface area contributed by atoms with E-state index in [4.69, 9.17) is 5.73 Å². The summed E-state index contributed by atoms with van der Waals surface area (Å²) in [6, 6.07) is 3.59. The Kier molecular flexibility index (Phi) is 2.98. The number of halogens is 2. The van der Waals surface area contributed by atoms with Crippen LogP contribution in [0.1, 0.15) is 29.4 Å². The summed E-state index contributed by atoms with van der Waals surface area (Å²) in [5.74, 6) is -3.13. The smallest absolute Gasteiger partial charge is 0.271 e. The first-order chi connectivity index (χ1) is 9.84. The molecule has 21 heavy (non-hydrogen) atoms. The minimum absolute atomic E-state index is 0.0548. The van der Waals surface area contributed by atoms with Crippen molar-refractivity contribution < 1.29 is 13.6 Å². The van der Waals surface area contributed by atoms with Gasteiger partial charge in [-0.2, -0.15) is 0 Å². The Hall–Kier alpha value is -2.02. The Morgan fingerprint density at radius 3 is 2.81 bits per heavy atom. The number of nitrogens with zero attached hydrogens (tertiary/aromatic N) is 2. The first kappa shape index (κ1) is 13.9. The lowest BCUT2D eigenvalue weighted by Crippen LogP contribution is -2.31. The minimum atomic E-state index is -2.69. The van der Waals surface area contributed by atoms with Crippen molar-refractivity contribution in [2.24, 2.45) is 11.1 Å². The summed E-state index contributed by atoms with van der Waals surface area (Å²) in [5, 5.41) is 2.53. The van der Waals surface area contributed by atoms with Gasteiger partial charge in [-0.15, -0.1) is 0 Å². The molecule has 1 aliphatic carbocycles. The van der Waals surface area contributed by atoms with Crippen LogP contribution in [0.15, 0.2) is 24.5 Å². The zero-order chi connectivity index (χ0) is 15.3. The summed E-state index contributed by atoms with van der Waals surface area (Å²) >= 11 is 0. The van der Waals surface area contributed by atoms with Crippen LogP contribution in [-0.2, 0) is 6.54 Å². The van der Waals surface area contributed by atoms with Crippen molar-refractivity contribution in [1.82, 2.24) is 14.7 Å². The van der Waals surface area contributed by atoms with Crippen LogP contribution in [0.3, 0.4) is 0 Å². The number of aromatic nitrogens is 2. The fraction of sp³-hybridized carbons (Fsp3) is 0.429. The molecule has 5 nitrogen and oxygen atoms in total. The topological polar surface area (TPSA) is 72.4 Å². The quantitative estimate of drug-likeness (QED) is 0.899. The molecule has 1 amide bonds. The molecule has 1 atom stereocenters. The minimum Gasteiger partial charge on any atom is -0.350 e. The molecular formula is C14H16F2N4O. The molecule has 0 spiro atoms. The molecule has 7 heteroatoms. The molecule has 0 bridgehead atoms. The first-order valence-electron chi connectivity index (χ1n) is 6.68. The summed E-state index contributed by atoms with van der Waals surface area (Å²) < 4.78 is 27.9. The summed E-state index contributed by atoms with van der Waals surface area (Å²) in [7, 11) is 0. The fourth-order valence-electron chi connectivity index (χ4n) is 2.27. The Morgan fingerprint density at radius 2 is 2.19 bits per heavy atom. The van der Waals surface area contributed by atoms with Crippen LogP contribution in [0.5, 0.6) is 0 Å². The van der Waals surface area contributed by atoms with E-state index in [0.717, 1.165) is 5.56 Å². The van der Waals surface area contributed by atoms with Gasteiger partial charge in [0.25, 0.3) is 11.8 Å². The third-order valence-corrected chi connectivity index (χ3v) is 3.99. The van der Waals surface area contributed by atoms with Crippen molar-refractivity contribution in [3.05, 3.63) is 35.8 Å². The average molecular weight is 294 g/mol. The number of rotatable bonds is 4. The maximum atomic E-state index is 13.1. The molecule has 0 aromatic carbocycles. The van der Waals surface area contributed by atoms with Gasteiger partial charge in [0.15, 0.2) is 0 Å². The maximum Gasteiger partial charge on any atom is 0.271 e. The van der Waals surface area contributed by atoms with E-state index in [9.17, 15) is 13.6 Å². The number of imidazole rings is 1. The summed E-state index contributed by atoms with van der Waals surface area (Å²) in [6.07, 6.45) is 3.16. The van der Waals surface area contributed by atoms with Crippen molar-refractivity contribution in [3.8, 4) is 0 Å². The number of hydrogen-bond acceptors (Lipinski definition) is 3. The molecular weight excluding hydrogens is 278 g/mol. The lowest BCUT2D eigenvalue weighted by Gasteiger charge is -2.10. The molecule has 1 saturated carbocycles. The van der Waals surface area contributed by atoms with E-state index < -0.39 is 17.2 Å². The van der Waals surface area contributed by atoms with Gasteiger partial charge >= 0.3 is 0 Å². The highest BCUT2D eigenvalue weighted by molar-refractivity contribution is 5.92. The standard InChI is InChI=1S/C14H16F2N4O/c1-13(7-14(13,15)16)8-18-12(21)10-6-20-5-9(4-17)2-3-11(20)19-10/h2-3,5-6H,4,7-8,17H2,1H3,(H,18,21). The van der Waals surface area contributed by atoms with E-state index >= 15 is 0 Å². The molecule has 1 aliphatic rings. The van der Waals surface area contributed by atoms with Crippen LogP contribution in [0, 0.1) is 5.41 Å². The number of nitrogens with one attached hydrogen (secondary N) is 1. The Morgan fingerprint density at radius 1 is 1.48 bits per heavy atom. The number of pyridine rings is 1.